The maximum absolute atomic E-state index is 12.5. The van der Waals surface area contributed by atoms with Gasteiger partial charge in [-0.15, -0.1) is 0 Å². The molecular formula is C9H7BrF3NO2. The van der Waals surface area contributed by atoms with Crippen LogP contribution >= 0.6 is 15.9 Å². The zero-order chi connectivity index (χ0) is 12.3. The molecule has 0 saturated heterocycles. The number of nitrogens with zero attached hydrogens (tertiary/aromatic N) is 1. The Balaban J connectivity index is 3.19. The summed E-state index contributed by atoms with van der Waals surface area (Å²) in [5.74, 6) is -0.840. The largest absolute Gasteiger partial charge is 0.462 e. The van der Waals surface area contributed by atoms with E-state index in [1.54, 1.807) is 6.92 Å². The lowest BCUT2D eigenvalue weighted by atomic mass is 10.2. The number of aromatic nitrogens is 1. The van der Waals surface area contributed by atoms with Crippen LogP contribution in [0.5, 0.6) is 0 Å². The van der Waals surface area contributed by atoms with E-state index in [0.29, 0.717) is 6.20 Å². The molecule has 0 aliphatic heterocycles. The zero-order valence-corrected chi connectivity index (χ0v) is 9.72. The molecule has 0 aliphatic rings. The van der Waals surface area contributed by atoms with Gasteiger partial charge in [-0.3, -0.25) is 4.98 Å². The van der Waals surface area contributed by atoms with Crippen molar-refractivity contribution in [1.82, 2.24) is 4.98 Å². The molecule has 16 heavy (non-hydrogen) atoms. The predicted molar refractivity (Wildman–Crippen MR) is 52.9 cm³/mol. The van der Waals surface area contributed by atoms with Crippen molar-refractivity contribution in [1.29, 1.82) is 0 Å². The van der Waals surface area contributed by atoms with Crippen LogP contribution < -0.4 is 0 Å². The van der Waals surface area contributed by atoms with Crippen LogP contribution in [-0.4, -0.2) is 17.6 Å². The van der Waals surface area contributed by atoms with E-state index in [9.17, 15) is 18.0 Å². The Morgan fingerprint density at radius 3 is 2.62 bits per heavy atom. The second-order valence-corrected chi connectivity index (χ2v) is 3.56. The third-order valence-electron chi connectivity index (χ3n) is 1.68. The maximum Gasteiger partial charge on any atom is 0.419 e. The lowest BCUT2D eigenvalue weighted by Gasteiger charge is -2.10. The summed E-state index contributed by atoms with van der Waals surface area (Å²) < 4.78 is 41.6. The summed E-state index contributed by atoms with van der Waals surface area (Å²) in [6, 6.07) is 0. The van der Waals surface area contributed by atoms with Crippen molar-refractivity contribution in [2.45, 2.75) is 13.1 Å². The molecule has 88 valence electrons. The number of carbonyl (C=O) groups is 1. The summed E-state index contributed by atoms with van der Waals surface area (Å²) in [4.78, 5) is 14.6. The summed E-state index contributed by atoms with van der Waals surface area (Å²) in [6.07, 6.45) is -2.89. The van der Waals surface area contributed by atoms with E-state index < -0.39 is 17.7 Å². The van der Waals surface area contributed by atoms with Gasteiger partial charge >= 0.3 is 12.1 Å². The molecule has 0 atom stereocenters. The van der Waals surface area contributed by atoms with E-state index in [-0.39, 0.29) is 16.6 Å². The van der Waals surface area contributed by atoms with Crippen LogP contribution in [-0.2, 0) is 10.9 Å². The molecule has 0 aliphatic carbocycles. The molecule has 0 radical (unpaired) electrons. The third kappa shape index (κ3) is 2.72. The lowest BCUT2D eigenvalue weighted by Crippen LogP contribution is -2.12. The van der Waals surface area contributed by atoms with Crippen LogP contribution in [0, 0.1) is 0 Å². The smallest absolute Gasteiger partial charge is 0.419 e. The standard InChI is InChI=1S/C9H7BrF3NO2/c1-2-16-8(15)5-3-14-4-6(7(5)10)9(11,12)13/h3-4H,2H2,1H3. The Morgan fingerprint density at radius 2 is 2.12 bits per heavy atom. The van der Waals surface area contributed by atoms with Gasteiger partial charge in [0.15, 0.2) is 0 Å². The average Bonchev–Trinajstić information content (AvgIpc) is 2.16. The highest BCUT2D eigenvalue weighted by atomic mass is 79.9. The number of carbonyl (C=O) groups excluding carboxylic acids is 1. The molecule has 7 heteroatoms. The van der Waals surface area contributed by atoms with Gasteiger partial charge in [0.05, 0.1) is 17.7 Å². The minimum Gasteiger partial charge on any atom is -0.462 e. The van der Waals surface area contributed by atoms with Gasteiger partial charge < -0.3 is 4.74 Å². The van der Waals surface area contributed by atoms with E-state index in [2.05, 4.69) is 25.7 Å². The predicted octanol–water partition coefficient (Wildman–Crippen LogP) is 3.04. The highest BCUT2D eigenvalue weighted by molar-refractivity contribution is 9.10. The lowest BCUT2D eigenvalue weighted by molar-refractivity contribution is -0.138. The Kier molecular flexibility index (Phi) is 3.90. The van der Waals surface area contributed by atoms with Gasteiger partial charge in [-0.2, -0.15) is 13.2 Å². The SMILES string of the molecule is CCOC(=O)c1cncc(C(F)(F)F)c1Br. The summed E-state index contributed by atoms with van der Waals surface area (Å²) >= 11 is 2.73. The molecular weight excluding hydrogens is 291 g/mol. The van der Waals surface area contributed by atoms with E-state index in [4.69, 9.17) is 0 Å². The van der Waals surface area contributed by atoms with Crippen molar-refractivity contribution in [3.8, 4) is 0 Å². The molecule has 0 aromatic carbocycles. The fourth-order valence-corrected chi connectivity index (χ4v) is 1.58. The van der Waals surface area contributed by atoms with Crippen LogP contribution in [0.25, 0.3) is 0 Å². The molecule has 1 heterocycles. The molecule has 3 nitrogen and oxygen atoms in total. The second-order valence-electron chi connectivity index (χ2n) is 2.77. The van der Waals surface area contributed by atoms with Crippen molar-refractivity contribution in [2.24, 2.45) is 0 Å². The Bertz CT molecular complexity index is 406. The van der Waals surface area contributed by atoms with Crippen molar-refractivity contribution in [3.05, 3.63) is 28.0 Å². The minimum absolute atomic E-state index is 0.0848. The van der Waals surface area contributed by atoms with Gasteiger partial charge in [0.1, 0.15) is 0 Å². The van der Waals surface area contributed by atoms with E-state index >= 15 is 0 Å². The Morgan fingerprint density at radius 1 is 1.50 bits per heavy atom. The van der Waals surface area contributed by atoms with Crippen molar-refractivity contribution in [2.75, 3.05) is 6.61 Å². The highest BCUT2D eigenvalue weighted by Crippen LogP contribution is 2.35. The molecule has 0 fully saturated rings. The fourth-order valence-electron chi connectivity index (χ4n) is 0.994. The second kappa shape index (κ2) is 4.82. The van der Waals surface area contributed by atoms with E-state index in [0.717, 1.165) is 6.20 Å². The molecule has 0 unspecified atom stereocenters. The quantitative estimate of drug-likeness (QED) is 0.788. The van der Waals surface area contributed by atoms with Gasteiger partial charge in [-0.1, -0.05) is 0 Å². The van der Waals surface area contributed by atoms with Gasteiger partial charge in [0.25, 0.3) is 0 Å². The van der Waals surface area contributed by atoms with Crippen LogP contribution in [0.4, 0.5) is 13.2 Å². The van der Waals surface area contributed by atoms with Gasteiger partial charge in [0, 0.05) is 16.9 Å². The normalized spacial score (nSPS) is 11.3. The molecule has 1 aromatic heterocycles. The molecule has 0 spiro atoms. The minimum atomic E-state index is -4.56. The first-order valence-corrected chi connectivity index (χ1v) is 5.05. The number of halogens is 4. The number of rotatable bonds is 2. The Labute approximate surface area is 97.8 Å². The first-order valence-electron chi connectivity index (χ1n) is 4.25. The Hall–Kier alpha value is -1.11. The molecule has 0 bridgehead atoms. The van der Waals surface area contributed by atoms with Crippen molar-refractivity contribution in [3.63, 3.8) is 0 Å². The average molecular weight is 298 g/mol. The zero-order valence-electron chi connectivity index (χ0n) is 8.14. The summed E-state index contributed by atoms with van der Waals surface area (Å²) in [5.41, 5.74) is -1.24. The van der Waals surface area contributed by atoms with E-state index in [1.165, 1.54) is 0 Å². The number of esters is 1. The summed E-state index contributed by atoms with van der Waals surface area (Å²) in [5, 5.41) is 0. The molecule has 1 rings (SSSR count). The monoisotopic (exact) mass is 297 g/mol. The van der Waals surface area contributed by atoms with E-state index in [1.807, 2.05) is 0 Å². The topological polar surface area (TPSA) is 39.2 Å². The maximum atomic E-state index is 12.5. The number of ether oxygens (including phenoxy) is 1. The van der Waals surface area contributed by atoms with Gasteiger partial charge in [0.2, 0.25) is 0 Å². The van der Waals surface area contributed by atoms with Crippen molar-refractivity contribution < 1.29 is 22.7 Å². The summed E-state index contributed by atoms with van der Waals surface area (Å²) in [6.45, 7) is 1.65. The number of pyridine rings is 1. The van der Waals surface area contributed by atoms with Gasteiger partial charge in [-0.05, 0) is 22.9 Å². The van der Waals surface area contributed by atoms with Crippen LogP contribution in [0.2, 0.25) is 0 Å². The van der Waals surface area contributed by atoms with Crippen LogP contribution in [0.3, 0.4) is 0 Å². The molecule has 1 aromatic rings. The number of alkyl halides is 3. The third-order valence-corrected chi connectivity index (χ3v) is 2.54. The molecule has 0 amide bonds. The number of hydrogen-bond donors (Lipinski definition) is 0. The highest BCUT2D eigenvalue weighted by Gasteiger charge is 2.35. The molecule has 0 N–H and O–H groups in total. The summed E-state index contributed by atoms with van der Waals surface area (Å²) in [7, 11) is 0. The van der Waals surface area contributed by atoms with Crippen LogP contribution in [0.15, 0.2) is 16.9 Å². The fraction of sp³-hybridized carbons (Fsp3) is 0.333. The first-order chi connectivity index (χ1) is 7.38. The number of hydrogen-bond acceptors (Lipinski definition) is 3. The first kappa shape index (κ1) is 13.0. The van der Waals surface area contributed by atoms with Crippen molar-refractivity contribution >= 4 is 21.9 Å². The molecule has 0 saturated carbocycles. The van der Waals surface area contributed by atoms with Crippen LogP contribution in [0.1, 0.15) is 22.8 Å². The van der Waals surface area contributed by atoms with Gasteiger partial charge in [-0.25, -0.2) is 4.79 Å².